The molecule has 0 aliphatic carbocycles. The van der Waals surface area contributed by atoms with E-state index in [4.69, 9.17) is 0 Å². The third-order valence-corrected chi connectivity index (χ3v) is 1.88. The largest absolute Gasteiger partial charge is 0.260 e. The molecule has 0 aliphatic rings. The minimum Gasteiger partial charge on any atom is -0.260 e. The Labute approximate surface area is 59.5 Å². The monoisotopic (exact) mass is 138 g/mol. The van der Waals surface area contributed by atoms with Crippen LogP contribution in [0.4, 0.5) is 0 Å². The van der Waals surface area contributed by atoms with Gasteiger partial charge >= 0.3 is 0 Å². The molecule has 1 radical (unpaired) electrons. The lowest BCUT2D eigenvalue weighted by Gasteiger charge is -1.96. The van der Waals surface area contributed by atoms with Gasteiger partial charge in [-0.1, -0.05) is 0 Å². The summed E-state index contributed by atoms with van der Waals surface area (Å²) in [6.07, 6.45) is 3.77. The van der Waals surface area contributed by atoms with Crippen LogP contribution in [0.3, 0.4) is 0 Å². The molecule has 1 heterocycles. The van der Waals surface area contributed by atoms with Crippen LogP contribution in [-0.2, 0) is 0 Å². The highest BCUT2D eigenvalue weighted by Gasteiger charge is 1.92. The van der Waals surface area contributed by atoms with E-state index in [2.05, 4.69) is 11.9 Å². The van der Waals surface area contributed by atoms with Gasteiger partial charge in [-0.05, 0) is 25.3 Å². The quantitative estimate of drug-likeness (QED) is 0.550. The van der Waals surface area contributed by atoms with Crippen LogP contribution in [-0.4, -0.2) is 11.2 Å². The van der Waals surface area contributed by atoms with E-state index in [9.17, 15) is 0 Å². The zero-order valence-corrected chi connectivity index (χ0v) is 6.11. The summed E-state index contributed by atoms with van der Waals surface area (Å²) in [6, 6.07) is 3.93. The Morgan fingerprint density at radius 1 is 1.67 bits per heavy atom. The van der Waals surface area contributed by atoms with Crippen molar-refractivity contribution in [3.05, 3.63) is 30.9 Å². The summed E-state index contributed by atoms with van der Waals surface area (Å²) in [5.74, 6) is 0. The predicted octanol–water partition coefficient (Wildman–Crippen LogP) is 1.99. The van der Waals surface area contributed by atoms with Gasteiger partial charge in [-0.25, -0.2) is 0 Å². The second-order valence-electron chi connectivity index (χ2n) is 1.65. The second-order valence-corrected chi connectivity index (χ2v) is 2.50. The van der Waals surface area contributed by atoms with Crippen LogP contribution >= 0.6 is 11.8 Å². The molecular weight excluding hydrogens is 130 g/mol. The maximum Gasteiger partial charge on any atom is 0.0542 e. The van der Waals surface area contributed by atoms with E-state index in [0.29, 0.717) is 0 Å². The Balaban J connectivity index is 3.01. The first-order valence-electron chi connectivity index (χ1n) is 2.65. The van der Waals surface area contributed by atoms with Gasteiger partial charge in [0.15, 0.2) is 0 Å². The molecule has 0 saturated heterocycles. The van der Waals surface area contributed by atoms with Crippen molar-refractivity contribution in [1.82, 2.24) is 4.98 Å². The van der Waals surface area contributed by atoms with E-state index < -0.39 is 0 Å². The lowest BCUT2D eigenvalue weighted by atomic mass is 10.4. The van der Waals surface area contributed by atoms with Gasteiger partial charge in [-0.15, -0.1) is 11.8 Å². The second kappa shape index (κ2) is 2.87. The van der Waals surface area contributed by atoms with Crippen molar-refractivity contribution < 1.29 is 0 Å². The molecule has 0 bridgehead atoms. The fraction of sp³-hybridized carbons (Fsp3) is 0.143. The number of thioether (sulfide) groups is 1. The highest BCUT2D eigenvalue weighted by Crippen LogP contribution is 2.15. The molecule has 1 nitrogen and oxygen atoms in total. The lowest BCUT2D eigenvalue weighted by molar-refractivity contribution is 1.18. The third kappa shape index (κ3) is 1.45. The van der Waals surface area contributed by atoms with Gasteiger partial charge in [0.05, 0.1) is 5.69 Å². The van der Waals surface area contributed by atoms with E-state index in [1.807, 2.05) is 18.4 Å². The molecule has 0 fully saturated rings. The number of hydrogen-bond donors (Lipinski definition) is 0. The van der Waals surface area contributed by atoms with E-state index in [1.165, 1.54) is 0 Å². The predicted molar refractivity (Wildman–Crippen MR) is 40.5 cm³/mol. The fourth-order valence-corrected chi connectivity index (χ4v) is 1.11. The number of pyridine rings is 1. The Morgan fingerprint density at radius 3 is 2.89 bits per heavy atom. The average molecular weight is 138 g/mol. The summed E-state index contributed by atoms with van der Waals surface area (Å²) in [7, 11) is 0. The molecule has 0 aliphatic heterocycles. The first-order chi connectivity index (χ1) is 4.34. The smallest absolute Gasteiger partial charge is 0.0542 e. The van der Waals surface area contributed by atoms with Crippen molar-refractivity contribution in [1.29, 1.82) is 0 Å². The molecule has 2 heteroatoms. The molecule has 0 amide bonds. The molecule has 47 valence electrons. The van der Waals surface area contributed by atoms with Crippen LogP contribution in [0, 0.1) is 6.92 Å². The number of hydrogen-bond acceptors (Lipinski definition) is 2. The molecular formula is C7H8NS. The van der Waals surface area contributed by atoms with Gasteiger partial charge in [0.1, 0.15) is 0 Å². The van der Waals surface area contributed by atoms with Crippen molar-refractivity contribution in [3.8, 4) is 0 Å². The van der Waals surface area contributed by atoms with Crippen molar-refractivity contribution >= 4 is 11.8 Å². The van der Waals surface area contributed by atoms with Crippen LogP contribution in [0.5, 0.6) is 0 Å². The van der Waals surface area contributed by atoms with Crippen LogP contribution in [0.15, 0.2) is 23.2 Å². The standard InChI is InChI=1S/C7H8NS/c1-6-7(9-2)4-3-5-8-6/h3-5H,1H2,2H3. The highest BCUT2D eigenvalue weighted by molar-refractivity contribution is 7.98. The highest BCUT2D eigenvalue weighted by atomic mass is 32.2. The summed E-state index contributed by atoms with van der Waals surface area (Å²) < 4.78 is 0. The molecule has 0 saturated carbocycles. The molecule has 0 spiro atoms. The van der Waals surface area contributed by atoms with Crippen molar-refractivity contribution in [2.75, 3.05) is 6.26 Å². The van der Waals surface area contributed by atoms with Gasteiger partial charge in [-0.3, -0.25) is 4.98 Å². The summed E-state index contributed by atoms with van der Waals surface area (Å²) in [5.41, 5.74) is 0.866. The van der Waals surface area contributed by atoms with E-state index >= 15 is 0 Å². The third-order valence-electron chi connectivity index (χ3n) is 1.07. The van der Waals surface area contributed by atoms with Crippen molar-refractivity contribution in [2.45, 2.75) is 4.90 Å². The zero-order valence-electron chi connectivity index (χ0n) is 5.29. The van der Waals surface area contributed by atoms with Gasteiger partial charge in [0, 0.05) is 11.1 Å². The maximum absolute atomic E-state index is 4.02. The van der Waals surface area contributed by atoms with Gasteiger partial charge in [-0.2, -0.15) is 0 Å². The number of rotatable bonds is 1. The molecule has 9 heavy (non-hydrogen) atoms. The Kier molecular flexibility index (Phi) is 2.11. The Morgan fingerprint density at radius 2 is 2.44 bits per heavy atom. The van der Waals surface area contributed by atoms with Crippen LogP contribution < -0.4 is 0 Å². The number of aromatic nitrogens is 1. The van der Waals surface area contributed by atoms with Crippen molar-refractivity contribution in [3.63, 3.8) is 0 Å². The summed E-state index contributed by atoms with van der Waals surface area (Å²) in [4.78, 5) is 5.17. The molecule has 0 aromatic carbocycles. The van der Waals surface area contributed by atoms with E-state index in [0.717, 1.165) is 10.6 Å². The minimum absolute atomic E-state index is 0.866. The van der Waals surface area contributed by atoms with E-state index in [-0.39, 0.29) is 0 Å². The molecule has 1 rings (SSSR count). The van der Waals surface area contributed by atoms with Gasteiger partial charge < -0.3 is 0 Å². The SMILES string of the molecule is [CH2]c1ncccc1SC. The summed E-state index contributed by atoms with van der Waals surface area (Å²) in [6.45, 7) is 3.76. The number of nitrogens with zero attached hydrogens (tertiary/aromatic N) is 1. The molecule has 1 aromatic rings. The zero-order chi connectivity index (χ0) is 6.69. The van der Waals surface area contributed by atoms with Crippen molar-refractivity contribution in [2.24, 2.45) is 0 Å². The van der Waals surface area contributed by atoms with Crippen LogP contribution in [0.1, 0.15) is 5.69 Å². The normalized spacial score (nSPS) is 9.56. The van der Waals surface area contributed by atoms with Gasteiger partial charge in [0.25, 0.3) is 0 Å². The summed E-state index contributed by atoms with van der Waals surface area (Å²) in [5, 5.41) is 0. The van der Waals surface area contributed by atoms with Crippen LogP contribution in [0.2, 0.25) is 0 Å². The fourth-order valence-electron chi connectivity index (χ4n) is 0.609. The van der Waals surface area contributed by atoms with Crippen LogP contribution in [0.25, 0.3) is 0 Å². The minimum atomic E-state index is 0.866. The van der Waals surface area contributed by atoms with E-state index in [1.54, 1.807) is 18.0 Å². The molecule has 0 N–H and O–H groups in total. The lowest BCUT2D eigenvalue weighted by Crippen LogP contribution is -1.80. The molecule has 0 unspecified atom stereocenters. The molecule has 1 aromatic heterocycles. The Hall–Kier alpha value is -0.500. The average Bonchev–Trinajstić information content (AvgIpc) is 1.89. The first-order valence-corrected chi connectivity index (χ1v) is 3.88. The Bertz CT molecular complexity index is 198. The topological polar surface area (TPSA) is 12.9 Å². The first kappa shape index (κ1) is 6.62. The summed E-state index contributed by atoms with van der Waals surface area (Å²) >= 11 is 1.67. The molecule has 0 atom stereocenters. The maximum atomic E-state index is 4.02. The van der Waals surface area contributed by atoms with Gasteiger partial charge in [0.2, 0.25) is 0 Å².